The molecule has 1 aromatic carbocycles. The Labute approximate surface area is 84.7 Å². The van der Waals surface area contributed by atoms with Crippen LogP contribution in [-0.2, 0) is 24.3 Å². The van der Waals surface area contributed by atoms with E-state index in [9.17, 15) is 4.79 Å². The number of carboxylic acids is 1. The summed E-state index contributed by atoms with van der Waals surface area (Å²) in [6.45, 7) is 2.96. The summed E-state index contributed by atoms with van der Waals surface area (Å²) in [5.41, 5.74) is 0. The van der Waals surface area contributed by atoms with Crippen molar-refractivity contribution in [2.24, 2.45) is 0 Å². The molecule has 0 fully saturated rings. The summed E-state index contributed by atoms with van der Waals surface area (Å²) in [7, 11) is 0. The first kappa shape index (κ1) is 13.6. The summed E-state index contributed by atoms with van der Waals surface area (Å²) >= 11 is 0. The van der Waals surface area contributed by atoms with Gasteiger partial charge in [0.15, 0.2) is 0 Å². The Morgan fingerprint density at radius 1 is 1.33 bits per heavy atom. The molecule has 1 aromatic rings. The summed E-state index contributed by atoms with van der Waals surface area (Å²) < 4.78 is 0. The molecule has 60 valence electrons. The van der Waals surface area contributed by atoms with E-state index in [1.165, 1.54) is 0 Å². The molecule has 0 bridgehead atoms. The quantitative estimate of drug-likeness (QED) is 0.439. The normalized spacial score (nSPS) is 6.67. The van der Waals surface area contributed by atoms with E-state index in [1.807, 2.05) is 30.3 Å². The number of rotatable bonds is 1. The molecule has 1 rings (SSSR count). The van der Waals surface area contributed by atoms with Gasteiger partial charge in [0.1, 0.15) is 0 Å². The Balaban J connectivity index is 0. The van der Waals surface area contributed by atoms with Gasteiger partial charge in [0.05, 0.1) is 0 Å². The summed E-state index contributed by atoms with van der Waals surface area (Å²) in [6, 6.07) is 12.5. The van der Waals surface area contributed by atoms with Gasteiger partial charge in [0.2, 0.25) is 0 Å². The van der Waals surface area contributed by atoms with Crippen LogP contribution in [0.15, 0.2) is 43.0 Å². The number of hydrogen-bond donors (Lipinski definition) is 1. The molecule has 0 amide bonds. The molecular formula is C9H9O2Zn-. The van der Waals surface area contributed by atoms with Gasteiger partial charge in [-0.05, 0) is 0 Å². The Morgan fingerprint density at radius 2 is 1.75 bits per heavy atom. The first-order valence-electron chi connectivity index (χ1n) is 3.04. The zero-order valence-electron chi connectivity index (χ0n) is 6.73. The van der Waals surface area contributed by atoms with Crippen LogP contribution in [0.25, 0.3) is 0 Å². The topological polar surface area (TPSA) is 37.3 Å². The van der Waals surface area contributed by atoms with Crippen molar-refractivity contribution in [1.82, 2.24) is 0 Å². The Kier molecular flexibility index (Phi) is 11.4. The van der Waals surface area contributed by atoms with Gasteiger partial charge in [-0.2, -0.15) is 36.4 Å². The third kappa shape index (κ3) is 11.8. The average molecular weight is 215 g/mol. The number of carboxylic acid groups (broad SMARTS) is 1. The number of benzene rings is 1. The van der Waals surface area contributed by atoms with Gasteiger partial charge in [-0.3, -0.25) is 0 Å². The largest absolute Gasteiger partial charge is 0.478 e. The molecule has 0 aromatic heterocycles. The minimum Gasteiger partial charge on any atom is -0.478 e. The van der Waals surface area contributed by atoms with E-state index in [0.29, 0.717) is 0 Å². The standard InChI is InChI=1S/C6H5.C3H4O2.Zn/c1-2-4-6-5-3-1;1-2-3(4)5;/h1-5H;2H,1H2,(H,4,5);/q-1;;. The number of hydrogen-bond acceptors (Lipinski definition) is 1. The first-order chi connectivity index (χ1) is 5.27. The van der Waals surface area contributed by atoms with Crippen molar-refractivity contribution in [1.29, 1.82) is 0 Å². The van der Waals surface area contributed by atoms with Crippen LogP contribution < -0.4 is 0 Å². The Hall–Kier alpha value is -0.947. The van der Waals surface area contributed by atoms with Crippen LogP contribution in [0.3, 0.4) is 0 Å². The molecule has 0 radical (unpaired) electrons. The Bertz CT molecular complexity index is 182. The zero-order valence-corrected chi connectivity index (χ0v) is 9.70. The molecule has 12 heavy (non-hydrogen) atoms. The molecule has 0 aliphatic carbocycles. The van der Waals surface area contributed by atoms with Gasteiger partial charge in [-0.25, -0.2) is 4.79 Å². The van der Waals surface area contributed by atoms with E-state index in [2.05, 4.69) is 12.6 Å². The molecule has 0 unspecified atom stereocenters. The number of aliphatic carboxylic acids is 1. The monoisotopic (exact) mass is 213 g/mol. The maximum absolute atomic E-state index is 9.25. The summed E-state index contributed by atoms with van der Waals surface area (Å²) in [5, 5.41) is 7.60. The van der Waals surface area contributed by atoms with Gasteiger partial charge in [-0.1, -0.05) is 6.58 Å². The third-order valence-electron chi connectivity index (χ3n) is 0.782. The average Bonchev–Trinajstić information content (AvgIpc) is 2.09. The molecule has 0 spiro atoms. The van der Waals surface area contributed by atoms with Crippen LogP contribution in [0.4, 0.5) is 0 Å². The minimum absolute atomic E-state index is 0. The van der Waals surface area contributed by atoms with Crippen LogP contribution in [0, 0.1) is 6.07 Å². The van der Waals surface area contributed by atoms with Crippen molar-refractivity contribution in [3.63, 3.8) is 0 Å². The van der Waals surface area contributed by atoms with Crippen LogP contribution >= 0.6 is 0 Å². The minimum atomic E-state index is -0.981. The van der Waals surface area contributed by atoms with Crippen molar-refractivity contribution < 1.29 is 29.4 Å². The van der Waals surface area contributed by atoms with Crippen molar-refractivity contribution in [2.45, 2.75) is 0 Å². The number of carbonyl (C=O) groups is 1. The van der Waals surface area contributed by atoms with Gasteiger partial charge >= 0.3 is 5.97 Å². The molecule has 0 aliphatic rings. The van der Waals surface area contributed by atoms with Crippen molar-refractivity contribution in [2.75, 3.05) is 0 Å². The van der Waals surface area contributed by atoms with Crippen molar-refractivity contribution >= 4 is 5.97 Å². The molecular weight excluding hydrogens is 205 g/mol. The Morgan fingerprint density at radius 3 is 1.83 bits per heavy atom. The second-order valence-electron chi connectivity index (χ2n) is 1.62. The SMILES string of the molecule is C=CC(=O)O.[Zn].[c-]1ccccc1. The van der Waals surface area contributed by atoms with Crippen molar-refractivity contribution in [3.8, 4) is 0 Å². The van der Waals surface area contributed by atoms with Gasteiger partial charge in [0.25, 0.3) is 0 Å². The molecule has 0 saturated heterocycles. The van der Waals surface area contributed by atoms with E-state index in [4.69, 9.17) is 5.11 Å². The fourth-order valence-corrected chi connectivity index (χ4v) is 0.342. The second kappa shape index (κ2) is 10.1. The molecule has 0 heterocycles. The molecule has 0 saturated carbocycles. The maximum atomic E-state index is 9.25. The maximum Gasteiger partial charge on any atom is 0.327 e. The first-order valence-corrected chi connectivity index (χ1v) is 3.04. The van der Waals surface area contributed by atoms with Crippen LogP contribution in [0.2, 0.25) is 0 Å². The predicted octanol–water partition coefficient (Wildman–Crippen LogP) is 1.74. The third-order valence-corrected chi connectivity index (χ3v) is 0.782. The summed E-state index contributed by atoms with van der Waals surface area (Å²) in [4.78, 5) is 9.25. The molecule has 0 aliphatic heterocycles. The van der Waals surface area contributed by atoms with Gasteiger partial charge in [0, 0.05) is 25.6 Å². The van der Waals surface area contributed by atoms with Gasteiger partial charge in [-0.15, -0.1) is 0 Å². The van der Waals surface area contributed by atoms with Crippen LogP contribution in [0.1, 0.15) is 0 Å². The van der Waals surface area contributed by atoms with E-state index in [1.54, 1.807) is 0 Å². The van der Waals surface area contributed by atoms with E-state index in [0.717, 1.165) is 6.08 Å². The fourth-order valence-electron chi connectivity index (χ4n) is 0.342. The smallest absolute Gasteiger partial charge is 0.327 e. The van der Waals surface area contributed by atoms with Crippen molar-refractivity contribution in [3.05, 3.63) is 49.1 Å². The summed E-state index contributed by atoms with van der Waals surface area (Å²) in [6.07, 6.45) is 0.833. The molecule has 2 nitrogen and oxygen atoms in total. The second-order valence-corrected chi connectivity index (χ2v) is 1.62. The van der Waals surface area contributed by atoms with E-state index >= 15 is 0 Å². The van der Waals surface area contributed by atoms with Gasteiger partial charge < -0.3 is 5.11 Å². The van der Waals surface area contributed by atoms with Crippen LogP contribution in [0.5, 0.6) is 0 Å². The summed E-state index contributed by atoms with van der Waals surface area (Å²) in [5.74, 6) is -0.981. The van der Waals surface area contributed by atoms with Crippen LogP contribution in [-0.4, -0.2) is 11.1 Å². The molecule has 1 N–H and O–H groups in total. The van der Waals surface area contributed by atoms with E-state index < -0.39 is 5.97 Å². The predicted molar refractivity (Wildman–Crippen MR) is 43.1 cm³/mol. The molecule has 0 atom stereocenters. The van der Waals surface area contributed by atoms with E-state index in [-0.39, 0.29) is 19.5 Å². The molecule has 3 heteroatoms. The fraction of sp³-hybridized carbons (Fsp3) is 0. The zero-order chi connectivity index (χ0) is 8.53.